The summed E-state index contributed by atoms with van der Waals surface area (Å²) in [5.41, 5.74) is 0.283. The van der Waals surface area contributed by atoms with E-state index >= 15 is 0 Å². The van der Waals surface area contributed by atoms with Crippen molar-refractivity contribution >= 4 is 46.5 Å². The number of amides is 3. The Balaban J connectivity index is 1.63. The van der Waals surface area contributed by atoms with Crippen LogP contribution < -0.4 is 15.4 Å². The van der Waals surface area contributed by atoms with Crippen LogP contribution in [0.5, 0.6) is 11.6 Å². The highest BCUT2D eigenvalue weighted by Crippen LogP contribution is 2.31. The van der Waals surface area contributed by atoms with Gasteiger partial charge in [-0.3, -0.25) is 20.2 Å². The fourth-order valence-electron chi connectivity index (χ4n) is 2.29. The maximum atomic E-state index is 12.1. The topological polar surface area (TPSA) is 123 Å². The van der Waals surface area contributed by atoms with Crippen LogP contribution in [0.2, 0.25) is 10.0 Å². The summed E-state index contributed by atoms with van der Waals surface area (Å²) in [6.07, 6.45) is 1.06. The summed E-state index contributed by atoms with van der Waals surface area (Å²) in [7, 11) is 0. The third kappa shape index (κ3) is 5.22. The Morgan fingerprint density at radius 1 is 1.03 bits per heavy atom. The van der Waals surface area contributed by atoms with E-state index in [1.54, 1.807) is 12.1 Å². The highest BCUT2D eigenvalue weighted by Gasteiger charge is 2.14. The SMILES string of the molecule is O=C(NC(=O)c1ccccc1Cl)Nc1ccc(Oc2ccc([N+](=O)[O-])cn2)c(Cl)c1. The molecule has 3 amide bonds. The summed E-state index contributed by atoms with van der Waals surface area (Å²) in [5.74, 6) is -0.337. The van der Waals surface area contributed by atoms with Crippen molar-refractivity contribution in [3.8, 4) is 11.6 Å². The lowest BCUT2D eigenvalue weighted by Crippen LogP contribution is -2.34. The number of nitrogens with zero attached hydrogens (tertiary/aromatic N) is 2. The summed E-state index contributed by atoms with van der Waals surface area (Å²) in [4.78, 5) is 38.1. The molecule has 3 rings (SSSR count). The first-order chi connectivity index (χ1) is 14.3. The normalized spacial score (nSPS) is 10.2. The van der Waals surface area contributed by atoms with Crippen molar-refractivity contribution in [1.82, 2.24) is 10.3 Å². The third-order valence-corrected chi connectivity index (χ3v) is 4.31. The molecular weight excluding hydrogens is 435 g/mol. The molecule has 9 nitrogen and oxygen atoms in total. The maximum absolute atomic E-state index is 12.1. The van der Waals surface area contributed by atoms with E-state index in [1.807, 2.05) is 0 Å². The van der Waals surface area contributed by atoms with Crippen LogP contribution >= 0.6 is 23.2 Å². The molecule has 0 bridgehead atoms. The minimum absolute atomic E-state index is 0.103. The van der Waals surface area contributed by atoms with Crippen molar-refractivity contribution in [3.05, 3.63) is 86.5 Å². The van der Waals surface area contributed by atoms with Crippen LogP contribution in [-0.4, -0.2) is 21.8 Å². The average molecular weight is 447 g/mol. The Hall–Kier alpha value is -3.69. The van der Waals surface area contributed by atoms with E-state index in [4.69, 9.17) is 27.9 Å². The molecule has 152 valence electrons. The minimum atomic E-state index is -0.776. The molecule has 0 aliphatic heterocycles. The molecule has 0 unspecified atom stereocenters. The first-order valence-electron chi connectivity index (χ1n) is 8.28. The first-order valence-corrected chi connectivity index (χ1v) is 9.04. The summed E-state index contributed by atoms with van der Waals surface area (Å²) in [6, 6.07) is 12.5. The smallest absolute Gasteiger partial charge is 0.326 e. The van der Waals surface area contributed by atoms with Crippen LogP contribution in [-0.2, 0) is 0 Å². The van der Waals surface area contributed by atoms with Gasteiger partial charge in [0, 0.05) is 17.8 Å². The van der Waals surface area contributed by atoms with E-state index in [0.29, 0.717) is 5.69 Å². The zero-order chi connectivity index (χ0) is 21.7. The van der Waals surface area contributed by atoms with Gasteiger partial charge >= 0.3 is 6.03 Å². The number of rotatable bonds is 5. The highest BCUT2D eigenvalue weighted by molar-refractivity contribution is 6.34. The quantitative estimate of drug-likeness (QED) is 0.417. The number of nitro groups is 1. The number of ether oxygens (including phenoxy) is 1. The number of anilines is 1. The molecule has 3 aromatic rings. The lowest BCUT2D eigenvalue weighted by atomic mass is 10.2. The minimum Gasteiger partial charge on any atom is -0.437 e. The second kappa shape index (κ2) is 9.21. The standard InChI is InChI=1S/C19H12Cl2N4O5/c20-14-4-2-1-3-13(14)18(26)24-19(27)23-11-5-7-16(15(21)9-11)30-17-8-6-12(10-22-17)25(28)29/h1-10H,(H2,23,24,26,27). The first kappa shape index (κ1) is 21.0. The third-order valence-electron chi connectivity index (χ3n) is 3.68. The van der Waals surface area contributed by atoms with E-state index in [0.717, 1.165) is 6.20 Å². The summed E-state index contributed by atoms with van der Waals surface area (Å²) >= 11 is 12.1. The molecule has 1 aromatic heterocycles. The molecule has 0 spiro atoms. The number of hydrogen-bond acceptors (Lipinski definition) is 6. The highest BCUT2D eigenvalue weighted by atomic mass is 35.5. The molecule has 30 heavy (non-hydrogen) atoms. The summed E-state index contributed by atoms with van der Waals surface area (Å²) < 4.78 is 5.48. The Kier molecular flexibility index (Phi) is 6.45. The van der Waals surface area contributed by atoms with Crippen molar-refractivity contribution in [2.45, 2.75) is 0 Å². The Morgan fingerprint density at radius 2 is 1.80 bits per heavy atom. The van der Waals surface area contributed by atoms with Crippen LogP contribution in [0.3, 0.4) is 0 Å². The Labute approximate surface area is 179 Å². The Bertz CT molecular complexity index is 1120. The zero-order valence-corrected chi connectivity index (χ0v) is 16.5. The van der Waals surface area contributed by atoms with Gasteiger partial charge in [0.15, 0.2) is 0 Å². The fourth-order valence-corrected chi connectivity index (χ4v) is 2.73. The number of aromatic nitrogens is 1. The van der Waals surface area contributed by atoms with E-state index < -0.39 is 16.9 Å². The van der Waals surface area contributed by atoms with Crippen LogP contribution in [0.1, 0.15) is 10.4 Å². The van der Waals surface area contributed by atoms with Crippen molar-refractivity contribution in [2.24, 2.45) is 0 Å². The molecule has 2 N–H and O–H groups in total. The van der Waals surface area contributed by atoms with Gasteiger partial charge in [-0.2, -0.15) is 0 Å². The molecule has 0 aliphatic rings. The molecule has 0 saturated carbocycles. The summed E-state index contributed by atoms with van der Waals surface area (Å²) in [5, 5.41) is 15.6. The van der Waals surface area contributed by atoms with Gasteiger partial charge in [-0.15, -0.1) is 0 Å². The van der Waals surface area contributed by atoms with Gasteiger partial charge < -0.3 is 10.1 Å². The molecule has 1 heterocycles. The predicted molar refractivity (Wildman–Crippen MR) is 110 cm³/mol. The molecule has 0 aliphatic carbocycles. The second-order valence-electron chi connectivity index (χ2n) is 5.75. The maximum Gasteiger partial charge on any atom is 0.326 e. The molecule has 2 aromatic carbocycles. The number of imide groups is 1. The fraction of sp³-hybridized carbons (Fsp3) is 0. The Morgan fingerprint density at radius 3 is 2.43 bits per heavy atom. The van der Waals surface area contributed by atoms with Gasteiger partial charge in [0.25, 0.3) is 11.6 Å². The van der Waals surface area contributed by atoms with E-state index in [1.165, 1.54) is 42.5 Å². The monoisotopic (exact) mass is 446 g/mol. The van der Waals surface area contributed by atoms with Gasteiger partial charge in [-0.1, -0.05) is 35.3 Å². The predicted octanol–water partition coefficient (Wildman–Crippen LogP) is 5.05. The number of nitrogens with one attached hydrogen (secondary N) is 2. The number of carbonyl (C=O) groups excluding carboxylic acids is 2. The molecule has 0 fully saturated rings. The molecule has 0 saturated heterocycles. The van der Waals surface area contributed by atoms with Crippen molar-refractivity contribution in [1.29, 1.82) is 0 Å². The molecule has 0 atom stereocenters. The number of pyridine rings is 1. The van der Waals surface area contributed by atoms with Gasteiger partial charge in [-0.25, -0.2) is 9.78 Å². The van der Waals surface area contributed by atoms with Gasteiger partial charge in [-0.05, 0) is 30.3 Å². The molecular formula is C19H12Cl2N4O5. The van der Waals surface area contributed by atoms with E-state index in [-0.39, 0.29) is 32.9 Å². The van der Waals surface area contributed by atoms with Gasteiger partial charge in [0.05, 0.1) is 20.5 Å². The van der Waals surface area contributed by atoms with Gasteiger partial charge in [0.2, 0.25) is 5.88 Å². The van der Waals surface area contributed by atoms with Crippen LogP contribution in [0.15, 0.2) is 60.8 Å². The lowest BCUT2D eigenvalue weighted by Gasteiger charge is -2.10. The number of carbonyl (C=O) groups is 2. The number of hydrogen-bond donors (Lipinski definition) is 2. The molecule has 0 radical (unpaired) electrons. The van der Waals surface area contributed by atoms with Crippen LogP contribution in [0.25, 0.3) is 0 Å². The van der Waals surface area contributed by atoms with Crippen LogP contribution in [0.4, 0.5) is 16.2 Å². The van der Waals surface area contributed by atoms with E-state index in [2.05, 4.69) is 15.6 Å². The molecule has 11 heteroatoms. The van der Waals surface area contributed by atoms with Crippen molar-refractivity contribution in [3.63, 3.8) is 0 Å². The lowest BCUT2D eigenvalue weighted by molar-refractivity contribution is -0.385. The number of halogens is 2. The van der Waals surface area contributed by atoms with Crippen molar-refractivity contribution < 1.29 is 19.2 Å². The zero-order valence-electron chi connectivity index (χ0n) is 15.0. The number of benzene rings is 2. The second-order valence-corrected chi connectivity index (χ2v) is 6.56. The largest absolute Gasteiger partial charge is 0.437 e. The number of urea groups is 1. The van der Waals surface area contributed by atoms with Crippen molar-refractivity contribution in [2.75, 3.05) is 5.32 Å². The van der Waals surface area contributed by atoms with Gasteiger partial charge in [0.1, 0.15) is 11.9 Å². The van der Waals surface area contributed by atoms with E-state index in [9.17, 15) is 19.7 Å². The average Bonchev–Trinajstić information content (AvgIpc) is 2.70. The van der Waals surface area contributed by atoms with Crippen LogP contribution in [0, 0.1) is 10.1 Å². The summed E-state index contributed by atoms with van der Waals surface area (Å²) in [6.45, 7) is 0.